The summed E-state index contributed by atoms with van der Waals surface area (Å²) in [4.78, 5) is 0. The minimum absolute atomic E-state index is 0. The van der Waals surface area contributed by atoms with Crippen LogP contribution in [0.4, 0.5) is 0 Å². The number of hydrogen-bond donors (Lipinski definition) is 0. The zero-order valence-electron chi connectivity index (χ0n) is 2.21. The van der Waals surface area contributed by atoms with Crippen LogP contribution in [0.2, 0.25) is 0 Å². The second-order valence-electron chi connectivity index (χ2n) is 0. The Kier molecular flexibility index (Phi) is 462. The van der Waals surface area contributed by atoms with Gasteiger partial charge in [-0.15, -0.1) is 0 Å². The molecule has 0 aliphatic carbocycles. The van der Waals surface area contributed by atoms with Crippen molar-refractivity contribution in [1.29, 1.82) is 0 Å². The summed E-state index contributed by atoms with van der Waals surface area (Å²) in [6, 6.07) is 0. The van der Waals surface area contributed by atoms with E-state index in [0.29, 0.717) is 0 Å². The summed E-state index contributed by atoms with van der Waals surface area (Å²) in [5, 5.41) is 0. The monoisotopic (exact) mass is 262 g/mol. The molecule has 0 atom stereocenters. The summed E-state index contributed by atoms with van der Waals surface area (Å²) in [7, 11) is 0. The van der Waals surface area contributed by atoms with E-state index in [0.717, 1.165) is 0 Å². The first kappa shape index (κ1) is 62.2. The molecule has 0 unspecified atom stereocenters. The molecule has 2 N–H and O–H groups in total. The Bertz CT molecular complexity index is 6.85. The Labute approximate surface area is 77.4 Å². The predicted molar refractivity (Wildman–Crippen MR) is 3.61 cm³/mol. The molecule has 0 aliphatic rings. The number of rotatable bonds is 0. The molecule has 0 rings (SSSR count). The standard InChI is InChI=1S/3ClH.La.H2O/h3*1H;;1H2/q;;;+3;/p-3. The van der Waals surface area contributed by atoms with Crippen molar-refractivity contribution in [2.45, 2.75) is 0 Å². The third-order valence-corrected chi connectivity index (χ3v) is 0. The van der Waals surface area contributed by atoms with Gasteiger partial charge in [0.05, 0.1) is 0 Å². The van der Waals surface area contributed by atoms with Crippen molar-refractivity contribution in [2.75, 3.05) is 0 Å². The first-order valence-corrected chi connectivity index (χ1v) is 0. The van der Waals surface area contributed by atoms with Gasteiger partial charge >= 0.3 is 35.6 Å². The van der Waals surface area contributed by atoms with Crippen LogP contribution >= 0.6 is 0 Å². The van der Waals surface area contributed by atoms with Crippen molar-refractivity contribution < 1.29 is 78.3 Å². The molecule has 0 aromatic heterocycles. The van der Waals surface area contributed by atoms with Gasteiger partial charge in [0.2, 0.25) is 0 Å². The maximum atomic E-state index is 0. The second-order valence-corrected chi connectivity index (χ2v) is 0. The molecule has 0 aromatic rings. The Morgan fingerprint density at radius 1 is 0.600 bits per heavy atom. The zero-order valence-corrected chi connectivity index (χ0v) is 8.10. The van der Waals surface area contributed by atoms with E-state index in [-0.39, 0.29) is 78.3 Å². The second kappa shape index (κ2) is 37.1. The normalized spacial score (nSPS) is 0. The van der Waals surface area contributed by atoms with E-state index in [9.17, 15) is 0 Å². The van der Waals surface area contributed by atoms with Crippen LogP contribution in [-0.4, -0.2) is 5.48 Å². The van der Waals surface area contributed by atoms with Crippen molar-refractivity contribution in [2.24, 2.45) is 0 Å². The summed E-state index contributed by atoms with van der Waals surface area (Å²) in [6.07, 6.45) is 0. The van der Waals surface area contributed by atoms with Gasteiger partial charge in [-0.05, 0) is 0 Å². The molecule has 0 fully saturated rings. The van der Waals surface area contributed by atoms with E-state index in [2.05, 4.69) is 0 Å². The van der Waals surface area contributed by atoms with Crippen LogP contribution in [0.3, 0.4) is 0 Å². The molecule has 0 saturated carbocycles. The Morgan fingerprint density at radius 2 is 0.600 bits per heavy atom. The maximum Gasteiger partial charge on any atom is 3.00 e. The molecular formula is H2Cl3LaO. The summed E-state index contributed by atoms with van der Waals surface area (Å²) in [6.45, 7) is 0. The van der Waals surface area contributed by atoms with Crippen molar-refractivity contribution >= 4 is 0 Å². The zero-order chi connectivity index (χ0) is 0. The molecule has 0 amide bonds. The van der Waals surface area contributed by atoms with Crippen LogP contribution in [0.15, 0.2) is 0 Å². The Balaban J connectivity index is 0. The molecule has 0 spiro atoms. The van der Waals surface area contributed by atoms with Crippen molar-refractivity contribution in [3.63, 3.8) is 0 Å². The first-order chi connectivity index (χ1) is 0. The third-order valence-electron chi connectivity index (χ3n) is 0. The van der Waals surface area contributed by atoms with Crippen molar-refractivity contribution in [3.05, 3.63) is 0 Å². The van der Waals surface area contributed by atoms with Gasteiger partial charge in [-0.2, -0.15) is 0 Å². The molecule has 0 bridgehead atoms. The van der Waals surface area contributed by atoms with Crippen LogP contribution in [-0.2, 0) is 0 Å². The molecule has 0 aliphatic heterocycles. The third kappa shape index (κ3) is 23.8. The van der Waals surface area contributed by atoms with Crippen LogP contribution in [0, 0.1) is 35.6 Å². The molecule has 32 valence electrons. The van der Waals surface area contributed by atoms with Gasteiger partial charge in [0.25, 0.3) is 0 Å². The molecule has 0 aromatic carbocycles. The molecule has 5 heavy (non-hydrogen) atoms. The largest absolute Gasteiger partial charge is 3.00 e. The van der Waals surface area contributed by atoms with Gasteiger partial charge in [0.1, 0.15) is 0 Å². The Morgan fingerprint density at radius 3 is 0.600 bits per heavy atom. The van der Waals surface area contributed by atoms with Gasteiger partial charge in [0, 0.05) is 0 Å². The fourth-order valence-corrected chi connectivity index (χ4v) is 0. The molecule has 5 heteroatoms. The number of hydrogen-bond acceptors (Lipinski definition) is 0. The minimum Gasteiger partial charge on any atom is -1.00 e. The SMILES string of the molecule is O.[Cl-].[Cl-].[Cl-].[La+3]. The average Bonchev–Trinajstić information content (AvgIpc) is 0. The fourth-order valence-electron chi connectivity index (χ4n) is 0. The van der Waals surface area contributed by atoms with Gasteiger partial charge in [-0.3, -0.25) is 0 Å². The van der Waals surface area contributed by atoms with Gasteiger partial charge in [-0.25, -0.2) is 0 Å². The average molecular weight is 263 g/mol. The smallest absolute Gasteiger partial charge is 1.00 e. The van der Waals surface area contributed by atoms with E-state index in [4.69, 9.17) is 0 Å². The van der Waals surface area contributed by atoms with Crippen LogP contribution < -0.4 is 37.2 Å². The molecule has 1 nitrogen and oxygen atoms in total. The van der Waals surface area contributed by atoms with Crippen LogP contribution in [0.25, 0.3) is 0 Å². The quantitative estimate of drug-likeness (QED) is 0.416. The van der Waals surface area contributed by atoms with Crippen LogP contribution in [0.1, 0.15) is 0 Å². The van der Waals surface area contributed by atoms with Crippen molar-refractivity contribution in [3.8, 4) is 0 Å². The minimum atomic E-state index is 0. The van der Waals surface area contributed by atoms with E-state index >= 15 is 0 Å². The van der Waals surface area contributed by atoms with E-state index in [1.54, 1.807) is 0 Å². The van der Waals surface area contributed by atoms with E-state index in [1.807, 2.05) is 0 Å². The molecule has 0 heterocycles. The van der Waals surface area contributed by atoms with Crippen LogP contribution in [0.5, 0.6) is 0 Å². The van der Waals surface area contributed by atoms with Gasteiger partial charge in [-0.1, -0.05) is 0 Å². The summed E-state index contributed by atoms with van der Waals surface area (Å²) >= 11 is 0. The Hall–Kier alpha value is 2.02. The summed E-state index contributed by atoms with van der Waals surface area (Å²) < 4.78 is 0. The summed E-state index contributed by atoms with van der Waals surface area (Å²) in [5.74, 6) is 0. The fraction of sp³-hybridized carbons (Fsp3) is 0. The summed E-state index contributed by atoms with van der Waals surface area (Å²) in [5.41, 5.74) is 0. The van der Waals surface area contributed by atoms with Crippen molar-refractivity contribution in [1.82, 2.24) is 0 Å². The molecular weight excluding hydrogens is 261 g/mol. The molecule has 0 radical (unpaired) electrons. The predicted octanol–water partition coefficient (Wildman–Crippen LogP) is -9.81. The van der Waals surface area contributed by atoms with Gasteiger partial charge in [0.15, 0.2) is 0 Å². The van der Waals surface area contributed by atoms with E-state index in [1.165, 1.54) is 0 Å². The first-order valence-electron chi connectivity index (χ1n) is 0. The maximum absolute atomic E-state index is 0. The van der Waals surface area contributed by atoms with Gasteiger partial charge < -0.3 is 42.7 Å². The topological polar surface area (TPSA) is 31.5 Å². The van der Waals surface area contributed by atoms with E-state index < -0.39 is 0 Å². The molecule has 0 saturated heterocycles. The number of halogens is 3.